The predicted molar refractivity (Wildman–Crippen MR) is 116 cm³/mol. The molecule has 1 atom stereocenters. The average molecular weight is 415 g/mol. The van der Waals surface area contributed by atoms with E-state index in [0.717, 1.165) is 11.1 Å². The highest BCUT2D eigenvalue weighted by Crippen LogP contribution is 2.30. The first-order chi connectivity index (χ1) is 14.7. The van der Waals surface area contributed by atoms with E-state index in [1.807, 2.05) is 42.5 Å². The highest BCUT2D eigenvalue weighted by Gasteiger charge is 2.30. The van der Waals surface area contributed by atoms with E-state index in [4.69, 9.17) is 21.9 Å². The smallest absolute Gasteiger partial charge is 0.227 e. The van der Waals surface area contributed by atoms with Crippen molar-refractivity contribution in [2.24, 2.45) is 10.1 Å². The van der Waals surface area contributed by atoms with Gasteiger partial charge in [-0.3, -0.25) is 9.79 Å². The number of halogens is 1. The molecule has 1 heterocycles. The van der Waals surface area contributed by atoms with Gasteiger partial charge in [-0.25, -0.2) is 0 Å². The summed E-state index contributed by atoms with van der Waals surface area (Å²) in [5, 5.41) is 4.12. The number of rotatable bonds is 5. The predicted octanol–water partition coefficient (Wildman–Crippen LogP) is 6.30. The lowest BCUT2D eigenvalue weighted by molar-refractivity contribution is -0.119. The van der Waals surface area contributed by atoms with Gasteiger partial charge >= 0.3 is 0 Å². The zero-order valence-electron chi connectivity index (χ0n) is 15.6. The third-order valence-electron chi connectivity index (χ3n) is 4.57. The summed E-state index contributed by atoms with van der Waals surface area (Å²) >= 11 is 5.93. The summed E-state index contributed by atoms with van der Waals surface area (Å²) in [6, 6.07) is 23.3. The molecule has 0 radical (unpaired) electrons. The Kier molecular flexibility index (Phi) is 5.61. The van der Waals surface area contributed by atoms with Crippen LogP contribution in [0.1, 0.15) is 11.6 Å². The van der Waals surface area contributed by atoms with Crippen LogP contribution in [0.4, 0.5) is 0 Å². The summed E-state index contributed by atoms with van der Waals surface area (Å²) in [6.45, 7) is 0. The van der Waals surface area contributed by atoms with Crippen LogP contribution in [0.3, 0.4) is 0 Å². The van der Waals surface area contributed by atoms with Gasteiger partial charge in [0.05, 0.1) is 0 Å². The maximum absolute atomic E-state index is 13.1. The molecule has 146 valence electrons. The molecule has 0 amide bonds. The molecular weight excluding hydrogens is 400 g/mol. The normalized spacial score (nSPS) is 15.6. The first-order valence-electron chi connectivity index (χ1n) is 9.11. The van der Waals surface area contributed by atoms with Crippen LogP contribution in [0.25, 0.3) is 21.6 Å². The maximum atomic E-state index is 13.1. The second-order valence-corrected chi connectivity index (χ2v) is 6.93. The number of ketones is 1. The summed E-state index contributed by atoms with van der Waals surface area (Å²) in [5.41, 5.74) is 11.6. The first-order valence-corrected chi connectivity index (χ1v) is 9.49. The number of azide groups is 1. The molecule has 0 spiro atoms. The molecule has 0 fully saturated rings. The first kappa shape index (κ1) is 19.5. The number of aliphatic imine (C=N–C) groups is 1. The van der Waals surface area contributed by atoms with Gasteiger partial charge in [-0.2, -0.15) is 0 Å². The Morgan fingerprint density at radius 1 is 0.933 bits per heavy atom. The van der Waals surface area contributed by atoms with E-state index >= 15 is 0 Å². The lowest BCUT2D eigenvalue weighted by Gasteiger charge is -2.20. The fourth-order valence-corrected chi connectivity index (χ4v) is 3.22. The fraction of sp³-hybridized carbons (Fsp3) is 0.0435. The summed E-state index contributed by atoms with van der Waals surface area (Å²) < 4.78 is 5.85. The molecule has 30 heavy (non-hydrogen) atoms. The van der Waals surface area contributed by atoms with E-state index in [0.29, 0.717) is 16.3 Å². The molecule has 0 saturated carbocycles. The van der Waals surface area contributed by atoms with Gasteiger partial charge in [-0.1, -0.05) is 71.3 Å². The topological polar surface area (TPSA) is 87.4 Å². The van der Waals surface area contributed by atoms with E-state index < -0.39 is 11.8 Å². The lowest BCUT2D eigenvalue weighted by Crippen LogP contribution is -2.22. The number of hydrogen-bond donors (Lipinski definition) is 0. The van der Waals surface area contributed by atoms with Gasteiger partial charge < -0.3 is 4.74 Å². The molecule has 0 aliphatic carbocycles. The van der Waals surface area contributed by atoms with E-state index in [1.54, 1.807) is 36.4 Å². The van der Waals surface area contributed by atoms with E-state index in [9.17, 15) is 4.79 Å². The van der Waals surface area contributed by atoms with Crippen LogP contribution >= 0.6 is 11.6 Å². The third kappa shape index (κ3) is 4.10. The van der Waals surface area contributed by atoms with Crippen molar-refractivity contribution in [2.75, 3.05) is 0 Å². The minimum atomic E-state index is -0.793. The largest absolute Gasteiger partial charge is 0.453 e. The van der Waals surface area contributed by atoms with Crippen molar-refractivity contribution in [3.8, 4) is 16.9 Å². The number of hydrogen-bond acceptors (Lipinski definition) is 4. The van der Waals surface area contributed by atoms with Crippen LogP contribution in [-0.2, 0) is 4.79 Å². The SMILES string of the molecule is [N-]=[N+]=NC1=C(Oc2ccc(-c3ccccc3)cc2)C(=O)C(c2ccc(Cl)cc2)N=C1. The minimum Gasteiger partial charge on any atom is -0.453 e. The van der Waals surface area contributed by atoms with E-state index in [1.165, 1.54) is 6.21 Å². The van der Waals surface area contributed by atoms with Gasteiger partial charge in [0, 0.05) is 16.1 Å². The Hall–Kier alpha value is -3.86. The van der Waals surface area contributed by atoms with Crippen LogP contribution < -0.4 is 4.74 Å². The Balaban J connectivity index is 1.63. The summed E-state index contributed by atoms with van der Waals surface area (Å²) in [6.07, 6.45) is 1.36. The Morgan fingerprint density at radius 2 is 1.60 bits per heavy atom. The molecule has 4 rings (SSSR count). The highest BCUT2D eigenvalue weighted by molar-refractivity contribution is 6.30. The van der Waals surface area contributed by atoms with Gasteiger partial charge in [0.25, 0.3) is 0 Å². The summed E-state index contributed by atoms with van der Waals surface area (Å²) in [5.74, 6) is 0.0124. The molecule has 6 nitrogen and oxygen atoms in total. The Bertz CT molecular complexity index is 1180. The number of benzene rings is 3. The third-order valence-corrected chi connectivity index (χ3v) is 4.82. The summed E-state index contributed by atoms with van der Waals surface area (Å²) in [7, 11) is 0. The molecule has 7 heteroatoms. The second-order valence-electron chi connectivity index (χ2n) is 6.49. The van der Waals surface area contributed by atoms with Crippen molar-refractivity contribution < 1.29 is 9.53 Å². The van der Waals surface area contributed by atoms with Gasteiger partial charge in [0.1, 0.15) is 17.5 Å². The number of nitrogens with zero attached hydrogens (tertiary/aromatic N) is 4. The van der Waals surface area contributed by atoms with E-state index in [-0.39, 0.29) is 11.5 Å². The highest BCUT2D eigenvalue weighted by atomic mass is 35.5. The molecule has 1 aliphatic heterocycles. The van der Waals surface area contributed by atoms with Crippen molar-refractivity contribution in [1.29, 1.82) is 0 Å². The molecule has 1 unspecified atom stereocenters. The minimum absolute atomic E-state index is 0.0415. The maximum Gasteiger partial charge on any atom is 0.227 e. The Labute approximate surface area is 177 Å². The van der Waals surface area contributed by atoms with Crippen molar-refractivity contribution in [3.63, 3.8) is 0 Å². The van der Waals surface area contributed by atoms with Crippen LogP contribution in [0.2, 0.25) is 5.02 Å². The van der Waals surface area contributed by atoms with Gasteiger partial charge in [-0.15, -0.1) is 0 Å². The number of carbonyl (C=O) groups excluding carboxylic acids is 1. The van der Waals surface area contributed by atoms with Crippen molar-refractivity contribution in [1.82, 2.24) is 0 Å². The van der Waals surface area contributed by atoms with Crippen LogP contribution in [0, 0.1) is 0 Å². The molecule has 0 bridgehead atoms. The van der Waals surface area contributed by atoms with Gasteiger partial charge in [0.15, 0.2) is 5.76 Å². The fourth-order valence-electron chi connectivity index (χ4n) is 3.09. The molecule has 0 N–H and O–H groups in total. The number of Topliss-reactive ketones (excluding diaryl/α,β-unsaturated/α-hetero) is 1. The van der Waals surface area contributed by atoms with Crippen LogP contribution in [0.15, 0.2) is 100 Å². The number of allylic oxidation sites excluding steroid dienone is 1. The molecule has 3 aromatic rings. The summed E-state index contributed by atoms with van der Waals surface area (Å²) in [4.78, 5) is 20.1. The number of dihydropyridines is 1. The van der Waals surface area contributed by atoms with E-state index in [2.05, 4.69) is 15.0 Å². The average Bonchev–Trinajstić information content (AvgIpc) is 2.78. The molecular formula is C23H15ClN4O2. The molecule has 3 aromatic carbocycles. The zero-order valence-corrected chi connectivity index (χ0v) is 16.4. The molecule has 0 saturated heterocycles. The second kappa shape index (κ2) is 8.66. The number of ether oxygens (including phenoxy) is 1. The number of carbonyl (C=O) groups is 1. The lowest BCUT2D eigenvalue weighted by atomic mass is 9.99. The monoisotopic (exact) mass is 414 g/mol. The van der Waals surface area contributed by atoms with Gasteiger partial charge in [0.2, 0.25) is 5.78 Å². The standard InChI is InChI=1S/C23H15ClN4O2/c24-18-10-6-17(7-11-18)21-22(29)23(20(14-26-21)27-28-25)30-19-12-8-16(9-13-19)15-4-2-1-3-5-15/h1-14,21H. The quantitative estimate of drug-likeness (QED) is 0.278. The Morgan fingerprint density at radius 3 is 2.27 bits per heavy atom. The zero-order chi connectivity index (χ0) is 20.9. The van der Waals surface area contributed by atoms with Crippen molar-refractivity contribution >= 4 is 23.6 Å². The van der Waals surface area contributed by atoms with Gasteiger partial charge in [-0.05, 0) is 46.5 Å². The molecule has 1 aliphatic rings. The van der Waals surface area contributed by atoms with Crippen LogP contribution in [0.5, 0.6) is 5.75 Å². The van der Waals surface area contributed by atoms with Crippen LogP contribution in [-0.4, -0.2) is 12.0 Å². The molecule has 0 aromatic heterocycles. The van der Waals surface area contributed by atoms with Crippen molar-refractivity contribution in [3.05, 3.63) is 111 Å². The van der Waals surface area contributed by atoms with Crippen molar-refractivity contribution in [2.45, 2.75) is 6.04 Å².